The van der Waals surface area contributed by atoms with E-state index in [-0.39, 0.29) is 16.9 Å². The molecule has 7 nitrogen and oxygen atoms in total. The van der Waals surface area contributed by atoms with E-state index < -0.39 is 5.97 Å². The quantitative estimate of drug-likeness (QED) is 0.369. The molecular formula is C18H13N3O4. The SMILES string of the molecule is O=C(O)c1cc2c([nH]c3cc(=O)ccc32)c(Nc2ccc(O)cc2)[nH]1. The van der Waals surface area contributed by atoms with Crippen molar-refractivity contribution >= 4 is 39.3 Å². The Morgan fingerprint density at radius 1 is 0.960 bits per heavy atom. The average molecular weight is 335 g/mol. The molecule has 124 valence electrons. The van der Waals surface area contributed by atoms with Crippen molar-refractivity contribution in [1.82, 2.24) is 9.97 Å². The number of pyridine rings is 1. The van der Waals surface area contributed by atoms with Gasteiger partial charge in [0.2, 0.25) is 0 Å². The Bertz CT molecular complexity index is 1170. The molecule has 0 saturated carbocycles. The summed E-state index contributed by atoms with van der Waals surface area (Å²) < 4.78 is 0. The molecule has 0 radical (unpaired) electrons. The number of rotatable bonds is 3. The minimum atomic E-state index is -1.09. The van der Waals surface area contributed by atoms with E-state index in [1.807, 2.05) is 0 Å². The number of hydrogen-bond acceptors (Lipinski definition) is 4. The van der Waals surface area contributed by atoms with Gasteiger partial charge in [0.1, 0.15) is 17.3 Å². The maximum Gasteiger partial charge on any atom is 0.352 e. The number of aromatic nitrogens is 2. The number of aromatic carboxylic acids is 1. The highest BCUT2D eigenvalue weighted by Gasteiger charge is 2.14. The normalized spacial score (nSPS) is 11.0. The predicted molar refractivity (Wildman–Crippen MR) is 94.8 cm³/mol. The van der Waals surface area contributed by atoms with Gasteiger partial charge in [0.05, 0.1) is 11.0 Å². The Labute approximate surface area is 140 Å². The first-order chi connectivity index (χ1) is 12.0. The molecule has 0 unspecified atom stereocenters. The molecule has 0 aliphatic rings. The van der Waals surface area contributed by atoms with Gasteiger partial charge in [0.25, 0.3) is 0 Å². The highest BCUT2D eigenvalue weighted by molar-refractivity contribution is 6.12. The molecule has 25 heavy (non-hydrogen) atoms. The second-order valence-corrected chi connectivity index (χ2v) is 5.66. The summed E-state index contributed by atoms with van der Waals surface area (Å²) in [6, 6.07) is 12.5. The number of phenolic OH excluding ortho intramolecular Hbond substituents is 1. The highest BCUT2D eigenvalue weighted by Crippen LogP contribution is 2.31. The van der Waals surface area contributed by atoms with Gasteiger partial charge < -0.3 is 25.5 Å². The van der Waals surface area contributed by atoms with Crippen molar-refractivity contribution in [1.29, 1.82) is 0 Å². The van der Waals surface area contributed by atoms with Crippen LogP contribution in [0.15, 0.2) is 53.3 Å². The second-order valence-electron chi connectivity index (χ2n) is 5.66. The Hall–Kier alpha value is -3.74. The van der Waals surface area contributed by atoms with Crippen LogP contribution in [0.4, 0.5) is 11.5 Å². The number of fused-ring (bicyclic) bond motifs is 3. The molecule has 0 amide bonds. The Kier molecular flexibility index (Phi) is 3.21. The number of nitrogens with one attached hydrogen (secondary N) is 3. The molecule has 0 aliphatic heterocycles. The first-order valence-corrected chi connectivity index (χ1v) is 7.49. The fraction of sp³-hybridized carbons (Fsp3) is 0. The smallest absolute Gasteiger partial charge is 0.352 e. The van der Waals surface area contributed by atoms with E-state index in [9.17, 15) is 19.8 Å². The van der Waals surface area contributed by atoms with Crippen LogP contribution in [0, 0.1) is 0 Å². The van der Waals surface area contributed by atoms with Crippen molar-refractivity contribution in [3.8, 4) is 5.75 Å². The molecule has 0 bridgehead atoms. The fourth-order valence-corrected chi connectivity index (χ4v) is 2.82. The molecule has 7 heteroatoms. The summed E-state index contributed by atoms with van der Waals surface area (Å²) in [6.07, 6.45) is 0. The molecule has 0 spiro atoms. The number of anilines is 2. The maximum atomic E-state index is 11.6. The number of phenols is 1. The zero-order valence-corrected chi connectivity index (χ0v) is 12.8. The standard InChI is InChI=1S/C18H13N3O4/c22-10-3-1-9(2-4-10)19-17-16-13(8-15(21-17)18(24)25)12-6-5-11(23)7-14(12)20-16/h1-8,19-22H,(H,24,25). The van der Waals surface area contributed by atoms with Crippen LogP contribution in [-0.4, -0.2) is 26.2 Å². The van der Waals surface area contributed by atoms with Crippen LogP contribution in [0.2, 0.25) is 0 Å². The molecule has 2 heterocycles. The van der Waals surface area contributed by atoms with Crippen LogP contribution >= 0.6 is 0 Å². The molecule has 2 aromatic carbocycles. The molecule has 0 saturated heterocycles. The van der Waals surface area contributed by atoms with E-state index in [0.717, 1.165) is 5.39 Å². The van der Waals surface area contributed by atoms with Gasteiger partial charge in [0.15, 0.2) is 5.43 Å². The predicted octanol–water partition coefficient (Wildman–Crippen LogP) is 3.16. The van der Waals surface area contributed by atoms with Gasteiger partial charge in [-0.2, -0.15) is 0 Å². The number of aromatic hydroxyl groups is 1. The number of hydrogen-bond donors (Lipinski definition) is 5. The van der Waals surface area contributed by atoms with Crippen LogP contribution in [0.1, 0.15) is 10.5 Å². The first kappa shape index (κ1) is 14.8. The lowest BCUT2D eigenvalue weighted by molar-refractivity contribution is 0.0691. The fourth-order valence-electron chi connectivity index (χ4n) is 2.82. The Balaban J connectivity index is 1.97. The van der Waals surface area contributed by atoms with Crippen molar-refractivity contribution < 1.29 is 15.0 Å². The van der Waals surface area contributed by atoms with Gasteiger partial charge in [-0.25, -0.2) is 4.79 Å². The van der Waals surface area contributed by atoms with Crippen molar-refractivity contribution in [2.45, 2.75) is 0 Å². The Morgan fingerprint density at radius 2 is 1.72 bits per heavy atom. The number of carboxylic acid groups (broad SMARTS) is 1. The molecule has 0 fully saturated rings. The zero-order chi connectivity index (χ0) is 17.6. The van der Waals surface area contributed by atoms with Crippen molar-refractivity contribution in [3.63, 3.8) is 0 Å². The molecule has 4 aromatic rings. The highest BCUT2D eigenvalue weighted by atomic mass is 16.4. The number of benzene rings is 2. The molecule has 0 aliphatic carbocycles. The van der Waals surface area contributed by atoms with E-state index in [2.05, 4.69) is 15.3 Å². The van der Waals surface area contributed by atoms with Crippen molar-refractivity contribution in [2.75, 3.05) is 5.32 Å². The van der Waals surface area contributed by atoms with Crippen LogP contribution < -0.4 is 10.7 Å². The van der Waals surface area contributed by atoms with Gasteiger partial charge >= 0.3 is 5.97 Å². The average Bonchev–Trinajstić information content (AvgIpc) is 2.94. The van der Waals surface area contributed by atoms with Gasteiger partial charge in [0, 0.05) is 22.5 Å². The van der Waals surface area contributed by atoms with Gasteiger partial charge in [-0.1, -0.05) is 0 Å². The van der Waals surface area contributed by atoms with Crippen molar-refractivity contribution in [3.05, 3.63) is 64.4 Å². The van der Waals surface area contributed by atoms with E-state index in [1.165, 1.54) is 30.3 Å². The maximum absolute atomic E-state index is 11.6. The van der Waals surface area contributed by atoms with Gasteiger partial charge in [-0.05, 0) is 42.5 Å². The van der Waals surface area contributed by atoms with Crippen LogP contribution in [0.5, 0.6) is 5.75 Å². The Morgan fingerprint density at radius 3 is 2.44 bits per heavy atom. The number of carbonyl (C=O) groups is 1. The lowest BCUT2D eigenvalue weighted by Gasteiger charge is -2.10. The summed E-state index contributed by atoms with van der Waals surface area (Å²) in [5, 5.41) is 23.3. The van der Waals surface area contributed by atoms with Gasteiger partial charge in [-0.15, -0.1) is 0 Å². The van der Waals surface area contributed by atoms with Crippen LogP contribution in [0.3, 0.4) is 0 Å². The van der Waals surface area contributed by atoms with Crippen molar-refractivity contribution in [2.24, 2.45) is 0 Å². The van der Waals surface area contributed by atoms with E-state index in [4.69, 9.17) is 0 Å². The third-order valence-electron chi connectivity index (χ3n) is 3.98. The lowest BCUT2D eigenvalue weighted by Crippen LogP contribution is -2.03. The van der Waals surface area contributed by atoms with Crippen LogP contribution in [0.25, 0.3) is 21.8 Å². The summed E-state index contributed by atoms with van der Waals surface area (Å²) >= 11 is 0. The summed E-state index contributed by atoms with van der Waals surface area (Å²) in [5.74, 6) is -0.512. The minimum absolute atomic E-state index is 0.0147. The summed E-state index contributed by atoms with van der Waals surface area (Å²) in [4.78, 5) is 29.0. The first-order valence-electron chi connectivity index (χ1n) is 7.49. The summed E-state index contributed by atoms with van der Waals surface area (Å²) in [6.45, 7) is 0. The minimum Gasteiger partial charge on any atom is -0.508 e. The van der Waals surface area contributed by atoms with E-state index in [1.54, 1.807) is 18.2 Å². The zero-order valence-electron chi connectivity index (χ0n) is 12.8. The van der Waals surface area contributed by atoms with Gasteiger partial charge in [-0.3, -0.25) is 4.79 Å². The third kappa shape index (κ3) is 2.57. The van der Waals surface area contributed by atoms with E-state index >= 15 is 0 Å². The number of carboxylic acids is 1. The molecule has 5 N–H and O–H groups in total. The topological polar surface area (TPSA) is 118 Å². The van der Waals surface area contributed by atoms with E-state index in [0.29, 0.717) is 27.9 Å². The largest absolute Gasteiger partial charge is 0.508 e. The summed E-state index contributed by atoms with van der Waals surface area (Å²) in [5.41, 5.74) is 1.84. The lowest BCUT2D eigenvalue weighted by atomic mass is 10.1. The monoisotopic (exact) mass is 335 g/mol. The second kappa shape index (κ2) is 5.41. The summed E-state index contributed by atoms with van der Waals surface area (Å²) in [7, 11) is 0. The number of H-pyrrole nitrogens is 2. The molecular weight excluding hydrogens is 322 g/mol. The molecule has 4 rings (SSSR count). The molecule has 2 aromatic heterocycles. The molecule has 0 atom stereocenters. The third-order valence-corrected chi connectivity index (χ3v) is 3.98. The van der Waals surface area contributed by atoms with Crippen LogP contribution in [-0.2, 0) is 0 Å². The number of aromatic amines is 2.